The maximum Gasteiger partial charge on any atom is 0.328 e. The van der Waals surface area contributed by atoms with Gasteiger partial charge in [-0.25, -0.2) is 4.79 Å². The van der Waals surface area contributed by atoms with E-state index in [9.17, 15) is 9.59 Å². The van der Waals surface area contributed by atoms with E-state index >= 15 is 0 Å². The minimum Gasteiger partial charge on any atom is -0.493 e. The summed E-state index contributed by atoms with van der Waals surface area (Å²) in [6, 6.07) is 5.09. The molecule has 0 bridgehead atoms. The highest BCUT2D eigenvalue weighted by Crippen LogP contribution is 2.36. The highest BCUT2D eigenvalue weighted by atomic mass is 16.7. The second-order valence-electron chi connectivity index (χ2n) is 8.44. The Morgan fingerprint density at radius 2 is 1.90 bits per heavy atom. The molecule has 3 aliphatic rings. The number of amides is 1. The summed E-state index contributed by atoms with van der Waals surface area (Å²) < 4.78 is 16.5. The molecule has 2 unspecified atom stereocenters. The van der Waals surface area contributed by atoms with E-state index in [1.807, 2.05) is 18.2 Å². The predicted molar refractivity (Wildman–Crippen MR) is 113 cm³/mol. The first-order chi connectivity index (χ1) is 14.9. The van der Waals surface area contributed by atoms with E-state index in [0.29, 0.717) is 30.2 Å². The molecule has 1 saturated heterocycles. The molecule has 2 aliphatic heterocycles. The first kappa shape index (κ1) is 21.5. The van der Waals surface area contributed by atoms with E-state index in [4.69, 9.17) is 19.0 Å². The Bertz CT molecular complexity index is 879. The third kappa shape index (κ3) is 4.21. The molecule has 1 aromatic rings. The molecule has 4 rings (SSSR count). The first-order valence-electron chi connectivity index (χ1n) is 10.9. The van der Waals surface area contributed by atoms with Gasteiger partial charge in [-0.15, -0.1) is 0 Å². The molecule has 2 heterocycles. The third-order valence-corrected chi connectivity index (χ3v) is 6.27. The molecule has 1 aliphatic carbocycles. The number of esters is 1. The zero-order valence-corrected chi connectivity index (χ0v) is 18.3. The molecule has 8 nitrogen and oxygen atoms in total. The summed E-state index contributed by atoms with van der Waals surface area (Å²) in [4.78, 5) is 32.6. The Kier molecular flexibility index (Phi) is 6.09. The molecule has 0 radical (unpaired) electrons. The van der Waals surface area contributed by atoms with Crippen LogP contribution in [0.25, 0.3) is 5.70 Å². The molecule has 1 saturated carbocycles. The SMILES string of the molecule is COC(=O)C1CCCN1C(=O)C1(C)C=C(c2ccc(OC)c(OC3CCCC3)c2)NO1. The summed E-state index contributed by atoms with van der Waals surface area (Å²) in [6.45, 7) is 2.20. The minimum atomic E-state index is -1.22. The Balaban J connectivity index is 1.55. The van der Waals surface area contributed by atoms with Crippen LogP contribution in [0, 0.1) is 0 Å². The highest BCUT2D eigenvalue weighted by molar-refractivity contribution is 5.93. The zero-order chi connectivity index (χ0) is 22.0. The number of benzene rings is 1. The van der Waals surface area contributed by atoms with E-state index in [1.54, 1.807) is 25.0 Å². The molecule has 31 heavy (non-hydrogen) atoms. The maximum atomic E-state index is 13.2. The largest absolute Gasteiger partial charge is 0.493 e. The van der Waals surface area contributed by atoms with Crippen LogP contribution in [0.4, 0.5) is 0 Å². The molecule has 168 valence electrons. The van der Waals surface area contributed by atoms with Crippen LogP contribution in [-0.2, 0) is 19.2 Å². The van der Waals surface area contributed by atoms with Crippen LogP contribution in [0.3, 0.4) is 0 Å². The van der Waals surface area contributed by atoms with Gasteiger partial charge in [0.1, 0.15) is 6.04 Å². The van der Waals surface area contributed by atoms with Crippen molar-refractivity contribution in [2.24, 2.45) is 0 Å². The molecule has 0 aromatic heterocycles. The van der Waals surface area contributed by atoms with Gasteiger partial charge in [0.25, 0.3) is 5.91 Å². The van der Waals surface area contributed by atoms with Gasteiger partial charge in [-0.2, -0.15) is 0 Å². The molecule has 2 atom stereocenters. The van der Waals surface area contributed by atoms with Crippen molar-refractivity contribution in [1.82, 2.24) is 10.4 Å². The van der Waals surface area contributed by atoms with E-state index in [1.165, 1.54) is 20.0 Å². The lowest BCUT2D eigenvalue weighted by Crippen LogP contribution is -2.51. The standard InChI is InChI=1S/C23H30N2O6/c1-23(22(27)25-12-6-9-18(25)21(26)29-3)14-17(24-31-23)15-10-11-19(28-2)20(13-15)30-16-7-4-5-8-16/h10-11,13-14,16,18,24H,4-9,12H2,1-3H3. The van der Waals surface area contributed by atoms with Crippen molar-refractivity contribution in [1.29, 1.82) is 0 Å². The lowest BCUT2D eigenvalue weighted by molar-refractivity contribution is -0.161. The van der Waals surface area contributed by atoms with Gasteiger partial charge in [0.15, 0.2) is 17.1 Å². The average molecular weight is 431 g/mol. The van der Waals surface area contributed by atoms with Crippen molar-refractivity contribution in [2.75, 3.05) is 20.8 Å². The average Bonchev–Trinajstić information content (AvgIpc) is 3.54. The summed E-state index contributed by atoms with van der Waals surface area (Å²) in [7, 11) is 2.96. The minimum absolute atomic E-state index is 0.197. The zero-order valence-electron chi connectivity index (χ0n) is 18.3. The number of nitrogens with one attached hydrogen (secondary N) is 1. The molecule has 0 spiro atoms. The van der Waals surface area contributed by atoms with Crippen LogP contribution in [0.5, 0.6) is 11.5 Å². The second-order valence-corrected chi connectivity index (χ2v) is 8.44. The molecule has 2 fully saturated rings. The monoisotopic (exact) mass is 430 g/mol. The van der Waals surface area contributed by atoms with Crippen molar-refractivity contribution in [2.45, 2.75) is 63.2 Å². The summed E-state index contributed by atoms with van der Waals surface area (Å²) in [6.07, 6.45) is 7.74. The normalized spacial score (nSPS) is 25.8. The molecule has 1 aromatic carbocycles. The second kappa shape index (κ2) is 8.78. The molecular weight excluding hydrogens is 400 g/mol. The van der Waals surface area contributed by atoms with Crippen molar-refractivity contribution in [3.63, 3.8) is 0 Å². The van der Waals surface area contributed by atoms with Crippen LogP contribution in [0.15, 0.2) is 24.3 Å². The van der Waals surface area contributed by atoms with E-state index in [-0.39, 0.29) is 12.0 Å². The van der Waals surface area contributed by atoms with Crippen molar-refractivity contribution < 1.29 is 28.6 Å². The number of likely N-dealkylation sites (tertiary alicyclic amines) is 1. The Morgan fingerprint density at radius 1 is 1.13 bits per heavy atom. The van der Waals surface area contributed by atoms with Gasteiger partial charge < -0.3 is 19.1 Å². The molecule has 8 heteroatoms. The third-order valence-electron chi connectivity index (χ3n) is 6.27. The van der Waals surface area contributed by atoms with Gasteiger partial charge in [0.05, 0.1) is 26.0 Å². The lowest BCUT2D eigenvalue weighted by atomic mass is 10.0. The Morgan fingerprint density at radius 3 is 2.61 bits per heavy atom. The molecule has 1 amide bonds. The van der Waals surface area contributed by atoms with E-state index in [2.05, 4.69) is 5.48 Å². The molecule has 1 N–H and O–H groups in total. The topological polar surface area (TPSA) is 86.3 Å². The summed E-state index contributed by atoms with van der Waals surface area (Å²) in [5.74, 6) is 0.694. The Hall–Kier alpha value is -2.74. The van der Waals surface area contributed by atoms with Crippen molar-refractivity contribution in [3.05, 3.63) is 29.8 Å². The quantitative estimate of drug-likeness (QED) is 0.695. The van der Waals surface area contributed by atoms with Gasteiger partial charge in [0, 0.05) is 12.1 Å². The molecular formula is C23H30N2O6. The summed E-state index contributed by atoms with van der Waals surface area (Å²) in [5.41, 5.74) is 3.16. The summed E-state index contributed by atoms with van der Waals surface area (Å²) in [5, 5.41) is 0. The number of methoxy groups -OCH3 is 2. The van der Waals surface area contributed by atoms with Gasteiger partial charge in [-0.3, -0.25) is 15.1 Å². The Labute approximate surface area is 182 Å². The number of carbonyl (C=O) groups is 2. The summed E-state index contributed by atoms with van der Waals surface area (Å²) >= 11 is 0. The fourth-order valence-corrected chi connectivity index (χ4v) is 4.54. The highest BCUT2D eigenvalue weighted by Gasteiger charge is 2.46. The smallest absolute Gasteiger partial charge is 0.328 e. The number of ether oxygens (including phenoxy) is 3. The van der Waals surface area contributed by atoms with Crippen LogP contribution >= 0.6 is 0 Å². The van der Waals surface area contributed by atoms with Crippen LogP contribution in [0.1, 0.15) is 51.0 Å². The van der Waals surface area contributed by atoms with Crippen molar-refractivity contribution >= 4 is 17.6 Å². The van der Waals surface area contributed by atoms with Crippen molar-refractivity contribution in [3.8, 4) is 11.5 Å². The number of nitrogens with zero attached hydrogens (tertiary/aromatic N) is 1. The first-order valence-corrected chi connectivity index (χ1v) is 10.9. The van der Waals surface area contributed by atoms with Gasteiger partial charge in [-0.1, -0.05) is 0 Å². The fourth-order valence-electron chi connectivity index (χ4n) is 4.54. The number of hydroxylamine groups is 1. The van der Waals surface area contributed by atoms with Crippen LogP contribution in [-0.4, -0.2) is 55.3 Å². The van der Waals surface area contributed by atoms with Crippen LogP contribution < -0.4 is 15.0 Å². The fraction of sp³-hybridized carbons (Fsp3) is 0.565. The van der Waals surface area contributed by atoms with E-state index < -0.39 is 17.6 Å². The predicted octanol–water partition coefficient (Wildman–Crippen LogP) is 2.82. The van der Waals surface area contributed by atoms with Gasteiger partial charge in [0.2, 0.25) is 0 Å². The van der Waals surface area contributed by atoms with Gasteiger partial charge in [-0.05, 0) is 69.7 Å². The van der Waals surface area contributed by atoms with Gasteiger partial charge >= 0.3 is 5.97 Å². The number of rotatable bonds is 6. The maximum absolute atomic E-state index is 13.2. The lowest BCUT2D eigenvalue weighted by Gasteiger charge is -2.29. The number of carbonyl (C=O) groups excluding carboxylic acids is 2. The van der Waals surface area contributed by atoms with Crippen LogP contribution in [0.2, 0.25) is 0 Å². The van der Waals surface area contributed by atoms with E-state index in [0.717, 1.165) is 24.8 Å². The number of hydrogen-bond donors (Lipinski definition) is 1. The number of hydrogen-bond acceptors (Lipinski definition) is 7.